The molecular formula is C17H28N2O3. The van der Waals surface area contributed by atoms with Crippen LogP contribution in [0.3, 0.4) is 0 Å². The number of benzene rings is 1. The van der Waals surface area contributed by atoms with Crippen molar-refractivity contribution in [2.24, 2.45) is 0 Å². The van der Waals surface area contributed by atoms with Crippen molar-refractivity contribution in [1.82, 2.24) is 4.90 Å². The third-order valence-corrected chi connectivity index (χ3v) is 4.17. The van der Waals surface area contributed by atoms with Crippen molar-refractivity contribution in [3.63, 3.8) is 0 Å². The maximum absolute atomic E-state index is 9.83. The van der Waals surface area contributed by atoms with Gasteiger partial charge >= 0.3 is 0 Å². The molecule has 1 saturated heterocycles. The molecule has 1 aliphatic heterocycles. The van der Waals surface area contributed by atoms with Gasteiger partial charge < -0.3 is 19.9 Å². The Bertz CT molecular complexity index is 445. The molecule has 1 aliphatic rings. The van der Waals surface area contributed by atoms with E-state index in [1.54, 1.807) is 14.2 Å². The Kier molecular flexibility index (Phi) is 6.34. The number of ether oxygens (including phenoxy) is 2. The molecule has 0 aliphatic carbocycles. The molecule has 5 heteroatoms. The van der Waals surface area contributed by atoms with Gasteiger partial charge in [0.1, 0.15) is 11.5 Å². The van der Waals surface area contributed by atoms with Gasteiger partial charge in [0.15, 0.2) is 0 Å². The van der Waals surface area contributed by atoms with E-state index in [-0.39, 0.29) is 6.10 Å². The van der Waals surface area contributed by atoms with Gasteiger partial charge in [-0.15, -0.1) is 0 Å². The first-order chi connectivity index (χ1) is 10.6. The lowest BCUT2D eigenvalue weighted by molar-refractivity contribution is 0.0953. The monoisotopic (exact) mass is 308 g/mol. The topological polar surface area (TPSA) is 54.0 Å². The molecule has 1 aromatic rings. The summed E-state index contributed by atoms with van der Waals surface area (Å²) in [5.74, 6) is 1.58. The Morgan fingerprint density at radius 1 is 1.27 bits per heavy atom. The molecule has 5 nitrogen and oxygen atoms in total. The van der Waals surface area contributed by atoms with Crippen LogP contribution in [0.25, 0.3) is 0 Å². The van der Waals surface area contributed by atoms with Crippen LogP contribution in [-0.2, 0) is 0 Å². The number of β-amino-alcohol motifs (C(OH)–C–C–N with tert-alkyl or cyclic N) is 1. The number of nitrogens with zero attached hydrogens (tertiary/aromatic N) is 1. The van der Waals surface area contributed by atoms with Crippen LogP contribution in [0.15, 0.2) is 18.2 Å². The van der Waals surface area contributed by atoms with Gasteiger partial charge in [-0.2, -0.15) is 0 Å². The molecule has 0 spiro atoms. The number of anilines is 1. The number of hydrogen-bond acceptors (Lipinski definition) is 5. The zero-order valence-electron chi connectivity index (χ0n) is 13.8. The predicted octanol–water partition coefficient (Wildman–Crippen LogP) is 2.35. The third kappa shape index (κ3) is 4.78. The van der Waals surface area contributed by atoms with Crippen molar-refractivity contribution in [1.29, 1.82) is 0 Å². The quantitative estimate of drug-likeness (QED) is 0.810. The lowest BCUT2D eigenvalue weighted by Crippen LogP contribution is -2.45. The van der Waals surface area contributed by atoms with Crippen molar-refractivity contribution >= 4 is 5.69 Å². The fraction of sp³-hybridized carbons (Fsp3) is 0.647. The number of nitrogens with one attached hydrogen (secondary N) is 1. The predicted molar refractivity (Wildman–Crippen MR) is 88.9 cm³/mol. The Labute approximate surface area is 133 Å². The van der Waals surface area contributed by atoms with Crippen molar-refractivity contribution in [2.75, 3.05) is 39.2 Å². The first-order valence-electron chi connectivity index (χ1n) is 8.04. The summed E-state index contributed by atoms with van der Waals surface area (Å²) >= 11 is 0. The Balaban J connectivity index is 1.97. The Morgan fingerprint density at radius 2 is 1.95 bits per heavy atom. The zero-order chi connectivity index (χ0) is 15.9. The van der Waals surface area contributed by atoms with Crippen LogP contribution < -0.4 is 14.8 Å². The van der Waals surface area contributed by atoms with E-state index in [1.807, 2.05) is 25.1 Å². The first kappa shape index (κ1) is 16.9. The van der Waals surface area contributed by atoms with Crippen LogP contribution in [0, 0.1) is 0 Å². The summed E-state index contributed by atoms with van der Waals surface area (Å²) in [6.45, 7) is 4.80. The zero-order valence-corrected chi connectivity index (χ0v) is 13.8. The molecule has 0 radical (unpaired) electrons. The molecule has 124 valence electrons. The highest BCUT2D eigenvalue weighted by molar-refractivity contribution is 5.54. The summed E-state index contributed by atoms with van der Waals surface area (Å²) in [4.78, 5) is 2.34. The third-order valence-electron chi connectivity index (χ3n) is 4.17. The molecule has 0 saturated carbocycles. The van der Waals surface area contributed by atoms with Gasteiger partial charge in [-0.05, 0) is 25.8 Å². The van der Waals surface area contributed by atoms with Crippen molar-refractivity contribution in [3.05, 3.63) is 18.2 Å². The highest BCUT2D eigenvalue weighted by Gasteiger charge is 2.21. The lowest BCUT2D eigenvalue weighted by atomic mass is 10.0. The van der Waals surface area contributed by atoms with Gasteiger partial charge in [0.05, 0.1) is 20.3 Å². The van der Waals surface area contributed by atoms with Gasteiger partial charge in [0.2, 0.25) is 0 Å². The highest BCUT2D eigenvalue weighted by atomic mass is 16.5. The summed E-state index contributed by atoms with van der Waals surface area (Å²) < 4.78 is 10.6. The van der Waals surface area contributed by atoms with Crippen LogP contribution in [0.2, 0.25) is 0 Å². The number of aliphatic hydroxyl groups excluding tert-OH is 1. The molecule has 0 aromatic heterocycles. The fourth-order valence-corrected chi connectivity index (χ4v) is 2.89. The summed E-state index contributed by atoms with van der Waals surface area (Å²) in [5, 5.41) is 13.4. The number of aliphatic hydroxyl groups is 1. The van der Waals surface area contributed by atoms with E-state index in [9.17, 15) is 5.11 Å². The van der Waals surface area contributed by atoms with Gasteiger partial charge in [0.25, 0.3) is 0 Å². The molecule has 0 bridgehead atoms. The second-order valence-corrected chi connectivity index (χ2v) is 5.91. The van der Waals surface area contributed by atoms with E-state index >= 15 is 0 Å². The Hall–Kier alpha value is -1.46. The van der Waals surface area contributed by atoms with Gasteiger partial charge in [0, 0.05) is 43.0 Å². The van der Waals surface area contributed by atoms with Gasteiger partial charge in [-0.3, -0.25) is 4.90 Å². The standard InChI is InChI=1S/C17H28N2O3/c1-4-15(20)12-19-7-5-6-13(11-19)18-14-8-16(21-2)10-17(9-14)22-3/h8-10,13,15,18,20H,4-7,11-12H2,1-3H3/t13?,15-/m1/s1. The van der Waals surface area contributed by atoms with Crippen molar-refractivity contribution < 1.29 is 14.6 Å². The van der Waals surface area contributed by atoms with E-state index in [0.29, 0.717) is 6.04 Å². The molecule has 2 rings (SSSR count). The normalized spacial score (nSPS) is 20.5. The molecule has 2 N–H and O–H groups in total. The smallest absolute Gasteiger partial charge is 0.124 e. The molecule has 0 amide bonds. The van der Waals surface area contributed by atoms with E-state index in [1.165, 1.54) is 0 Å². The second kappa shape index (κ2) is 8.25. The minimum atomic E-state index is -0.226. The second-order valence-electron chi connectivity index (χ2n) is 5.91. The minimum absolute atomic E-state index is 0.226. The average Bonchev–Trinajstić information content (AvgIpc) is 2.54. The van der Waals surface area contributed by atoms with Crippen molar-refractivity contribution in [2.45, 2.75) is 38.3 Å². The van der Waals surface area contributed by atoms with Crippen LogP contribution in [-0.4, -0.2) is 56.0 Å². The maximum Gasteiger partial charge on any atom is 0.124 e. The largest absolute Gasteiger partial charge is 0.497 e. The summed E-state index contributed by atoms with van der Waals surface area (Å²) in [6, 6.07) is 6.23. The SMILES string of the molecule is CC[C@@H](O)CN1CCCC(Nc2cc(OC)cc(OC)c2)C1. The summed E-state index contributed by atoms with van der Waals surface area (Å²) in [7, 11) is 3.32. The molecule has 22 heavy (non-hydrogen) atoms. The van der Waals surface area contributed by atoms with E-state index in [4.69, 9.17) is 9.47 Å². The van der Waals surface area contributed by atoms with Gasteiger partial charge in [-0.1, -0.05) is 6.92 Å². The van der Waals surface area contributed by atoms with Crippen LogP contribution in [0.5, 0.6) is 11.5 Å². The fourth-order valence-electron chi connectivity index (χ4n) is 2.89. The molecule has 1 heterocycles. The van der Waals surface area contributed by atoms with Crippen LogP contribution >= 0.6 is 0 Å². The lowest BCUT2D eigenvalue weighted by Gasteiger charge is -2.34. The molecule has 1 aromatic carbocycles. The van der Waals surface area contributed by atoms with Crippen LogP contribution in [0.4, 0.5) is 5.69 Å². The Morgan fingerprint density at radius 3 is 2.55 bits per heavy atom. The maximum atomic E-state index is 9.83. The highest BCUT2D eigenvalue weighted by Crippen LogP contribution is 2.27. The number of piperidine rings is 1. The molecular weight excluding hydrogens is 280 g/mol. The minimum Gasteiger partial charge on any atom is -0.497 e. The van der Waals surface area contributed by atoms with E-state index in [0.717, 1.165) is 56.1 Å². The van der Waals surface area contributed by atoms with Crippen molar-refractivity contribution in [3.8, 4) is 11.5 Å². The van der Waals surface area contributed by atoms with E-state index < -0.39 is 0 Å². The number of likely N-dealkylation sites (tertiary alicyclic amines) is 1. The van der Waals surface area contributed by atoms with Crippen LogP contribution in [0.1, 0.15) is 26.2 Å². The molecule has 2 atom stereocenters. The number of rotatable bonds is 7. The number of methoxy groups -OCH3 is 2. The summed E-state index contributed by atoms with van der Waals surface area (Å²) in [6.07, 6.45) is 2.87. The molecule has 1 fully saturated rings. The van der Waals surface area contributed by atoms with Gasteiger partial charge in [-0.25, -0.2) is 0 Å². The first-order valence-corrected chi connectivity index (χ1v) is 8.04. The van der Waals surface area contributed by atoms with E-state index in [2.05, 4.69) is 10.2 Å². The summed E-state index contributed by atoms with van der Waals surface area (Å²) in [5.41, 5.74) is 1.01. The molecule has 1 unspecified atom stereocenters. The number of hydrogen-bond donors (Lipinski definition) is 2. The average molecular weight is 308 g/mol.